The molecule has 2 amide bonds. The quantitative estimate of drug-likeness (QED) is 0.198. The van der Waals surface area contributed by atoms with Gasteiger partial charge in [0.05, 0.1) is 16.4 Å². The zero-order valence-electron chi connectivity index (χ0n) is 25.6. The monoisotopic (exact) mass is 617 g/mol. The van der Waals surface area contributed by atoms with Gasteiger partial charge in [0.1, 0.15) is 0 Å². The summed E-state index contributed by atoms with van der Waals surface area (Å²) < 4.78 is 28.7. The lowest BCUT2D eigenvalue weighted by atomic mass is 9.56. The number of carbonyl (C=O) groups excluding carboxylic acids is 3. The third-order valence-corrected chi connectivity index (χ3v) is 13.3. The van der Waals surface area contributed by atoms with E-state index < -0.39 is 43.3 Å². The van der Waals surface area contributed by atoms with E-state index in [1.54, 1.807) is 13.8 Å². The fourth-order valence-corrected chi connectivity index (χ4v) is 11.6. The van der Waals surface area contributed by atoms with Crippen molar-refractivity contribution in [1.29, 1.82) is 0 Å². The molecule has 4 saturated carbocycles. The molecular weight excluding hydrogens is 570 g/mol. The SMILES string of the molecule is CCCN(C(=O)[C@@H](N)CCCCNC(=O)c1ccc(C(=O)O)cc1)[C@](C=O)(C(C)C)S(=O)(=O)C12CC3CC(CC(C3)C1)C2. The van der Waals surface area contributed by atoms with Crippen molar-refractivity contribution < 1.29 is 32.7 Å². The summed E-state index contributed by atoms with van der Waals surface area (Å²) in [5, 5.41) is 11.8. The number of aromatic carboxylic acids is 1. The number of nitrogens with two attached hydrogens (primary N) is 1. The molecule has 4 aliphatic carbocycles. The summed E-state index contributed by atoms with van der Waals surface area (Å²) in [5.74, 6) is -1.50. The summed E-state index contributed by atoms with van der Waals surface area (Å²) >= 11 is 0. The van der Waals surface area contributed by atoms with Crippen LogP contribution in [-0.2, 0) is 19.4 Å². The first kappa shape index (κ1) is 33.1. The maximum atomic E-state index is 14.8. The number of nitrogens with zero attached hydrogens (tertiary/aromatic N) is 1. The maximum Gasteiger partial charge on any atom is 0.335 e. The minimum atomic E-state index is -4.10. The summed E-state index contributed by atoms with van der Waals surface area (Å²) in [6, 6.07) is 4.63. The van der Waals surface area contributed by atoms with E-state index in [4.69, 9.17) is 10.8 Å². The molecule has 4 bridgehead atoms. The van der Waals surface area contributed by atoms with Crippen LogP contribution >= 0.6 is 0 Å². The number of nitrogens with one attached hydrogen (secondary N) is 1. The average molecular weight is 618 g/mol. The van der Waals surface area contributed by atoms with Crippen molar-refractivity contribution in [3.8, 4) is 0 Å². The summed E-state index contributed by atoms with van der Waals surface area (Å²) in [6.45, 7) is 5.73. The van der Waals surface area contributed by atoms with Crippen LogP contribution in [0, 0.1) is 23.7 Å². The maximum absolute atomic E-state index is 14.8. The van der Waals surface area contributed by atoms with E-state index >= 15 is 0 Å². The first-order valence-electron chi connectivity index (χ1n) is 15.7. The summed E-state index contributed by atoms with van der Waals surface area (Å²) in [6.07, 6.45) is 7.19. The molecular formula is C32H47N3O7S. The molecule has 0 radical (unpaired) electrons. The molecule has 238 valence electrons. The number of hydrogen-bond donors (Lipinski definition) is 3. The van der Waals surface area contributed by atoms with Crippen LogP contribution in [-0.4, -0.2) is 71.2 Å². The highest BCUT2D eigenvalue weighted by atomic mass is 32.2. The van der Waals surface area contributed by atoms with Crippen LogP contribution in [0.5, 0.6) is 0 Å². The Morgan fingerprint density at radius 1 is 1.05 bits per heavy atom. The third-order valence-electron chi connectivity index (χ3n) is 10.1. The van der Waals surface area contributed by atoms with Crippen molar-refractivity contribution in [3.63, 3.8) is 0 Å². The van der Waals surface area contributed by atoms with Gasteiger partial charge in [0.2, 0.25) is 10.8 Å². The number of hydrogen-bond acceptors (Lipinski definition) is 7. The highest BCUT2D eigenvalue weighted by molar-refractivity contribution is 7.94. The molecule has 0 unspecified atom stereocenters. The number of benzene rings is 1. The Morgan fingerprint density at radius 3 is 2.05 bits per heavy atom. The molecule has 4 fully saturated rings. The van der Waals surface area contributed by atoms with Gasteiger partial charge in [0.25, 0.3) is 5.91 Å². The highest BCUT2D eigenvalue weighted by Crippen LogP contribution is 2.60. The predicted octanol–water partition coefficient (Wildman–Crippen LogP) is 3.79. The Labute approximate surface area is 255 Å². The zero-order chi connectivity index (χ0) is 31.6. The van der Waals surface area contributed by atoms with Crippen molar-refractivity contribution in [3.05, 3.63) is 35.4 Å². The van der Waals surface area contributed by atoms with Gasteiger partial charge in [-0.25, -0.2) is 13.2 Å². The van der Waals surface area contributed by atoms with Gasteiger partial charge in [-0.3, -0.25) is 14.4 Å². The van der Waals surface area contributed by atoms with E-state index in [9.17, 15) is 27.6 Å². The fourth-order valence-electron chi connectivity index (χ4n) is 8.30. The van der Waals surface area contributed by atoms with Crippen LogP contribution in [0.4, 0.5) is 0 Å². The van der Waals surface area contributed by atoms with E-state index in [0.717, 1.165) is 19.3 Å². The molecule has 0 aromatic heterocycles. The fraction of sp³-hybridized carbons (Fsp3) is 0.688. The first-order chi connectivity index (χ1) is 20.3. The third kappa shape index (κ3) is 6.12. The molecule has 4 aliphatic rings. The molecule has 1 aromatic carbocycles. The van der Waals surface area contributed by atoms with Crippen LogP contribution < -0.4 is 11.1 Å². The van der Waals surface area contributed by atoms with Crippen LogP contribution in [0.2, 0.25) is 0 Å². The van der Waals surface area contributed by atoms with Crippen molar-refractivity contribution in [1.82, 2.24) is 10.2 Å². The van der Waals surface area contributed by atoms with Crippen LogP contribution in [0.1, 0.15) is 106 Å². The Morgan fingerprint density at radius 2 is 1.58 bits per heavy atom. The number of carboxylic acid groups (broad SMARTS) is 1. The molecule has 0 aliphatic heterocycles. The van der Waals surface area contributed by atoms with Gasteiger partial charge in [0, 0.05) is 18.7 Å². The van der Waals surface area contributed by atoms with Crippen molar-refractivity contribution in [2.24, 2.45) is 29.4 Å². The van der Waals surface area contributed by atoms with Crippen molar-refractivity contribution >= 4 is 33.9 Å². The minimum absolute atomic E-state index is 0.0918. The van der Waals surface area contributed by atoms with Gasteiger partial charge in [0.15, 0.2) is 16.1 Å². The largest absolute Gasteiger partial charge is 0.478 e. The number of rotatable bonds is 15. The van der Waals surface area contributed by atoms with Gasteiger partial charge in [-0.1, -0.05) is 20.8 Å². The van der Waals surface area contributed by atoms with Crippen LogP contribution in [0.15, 0.2) is 24.3 Å². The highest BCUT2D eigenvalue weighted by Gasteiger charge is 2.66. The van der Waals surface area contributed by atoms with E-state index in [2.05, 4.69) is 5.32 Å². The Balaban J connectivity index is 1.43. The molecule has 43 heavy (non-hydrogen) atoms. The van der Waals surface area contributed by atoms with E-state index in [1.807, 2.05) is 6.92 Å². The van der Waals surface area contributed by atoms with E-state index in [0.29, 0.717) is 74.7 Å². The van der Waals surface area contributed by atoms with Crippen LogP contribution in [0.3, 0.4) is 0 Å². The molecule has 0 saturated heterocycles. The smallest absolute Gasteiger partial charge is 0.335 e. The number of amides is 2. The van der Waals surface area contributed by atoms with Gasteiger partial charge >= 0.3 is 5.97 Å². The summed E-state index contributed by atoms with van der Waals surface area (Å²) in [7, 11) is -4.10. The standard InChI is InChI=1S/C32H47N3O7S/c1-4-13-35(29(38)27(33)7-5-6-12-34-28(37)25-8-10-26(11-9-25)30(39)40)32(20-36,21(2)3)43(41,42)31-17-22-14-23(18-31)16-24(15-22)19-31/h8-11,20-24,27H,4-7,12-19,33H2,1-3H3,(H,34,37)(H,39,40)/t22?,23?,24?,27-,31?,32-/m0/s1. The normalized spacial score (nSPS) is 26.5. The molecule has 5 rings (SSSR count). The number of unbranched alkanes of at least 4 members (excludes halogenated alkanes) is 1. The molecule has 0 heterocycles. The molecule has 4 N–H and O–H groups in total. The lowest BCUT2D eigenvalue weighted by Gasteiger charge is -2.59. The van der Waals surface area contributed by atoms with Crippen molar-refractivity contribution in [2.45, 2.75) is 101 Å². The van der Waals surface area contributed by atoms with Gasteiger partial charge in [-0.2, -0.15) is 0 Å². The lowest BCUT2D eigenvalue weighted by Crippen LogP contribution is -2.70. The Kier molecular flexibility index (Phi) is 10.1. The molecule has 1 aromatic rings. The molecule has 0 spiro atoms. The van der Waals surface area contributed by atoms with Crippen LogP contribution in [0.25, 0.3) is 0 Å². The first-order valence-corrected chi connectivity index (χ1v) is 17.2. The Hall–Kier alpha value is -2.79. The minimum Gasteiger partial charge on any atom is -0.478 e. The lowest BCUT2D eigenvalue weighted by molar-refractivity contribution is -0.141. The number of aldehydes is 1. The van der Waals surface area contributed by atoms with E-state index in [-0.39, 0.29) is 24.4 Å². The molecule has 11 heteroatoms. The average Bonchev–Trinajstić information content (AvgIpc) is 2.95. The van der Waals surface area contributed by atoms with E-state index in [1.165, 1.54) is 29.2 Å². The second-order valence-electron chi connectivity index (χ2n) is 13.4. The molecule has 10 nitrogen and oxygen atoms in total. The summed E-state index contributed by atoms with van der Waals surface area (Å²) in [4.78, 5) is 49.7. The number of carboxylic acids is 1. The topological polar surface area (TPSA) is 164 Å². The molecule has 2 atom stereocenters. The van der Waals surface area contributed by atoms with Gasteiger partial charge in [-0.15, -0.1) is 0 Å². The number of sulfone groups is 1. The second kappa shape index (κ2) is 13.1. The predicted molar refractivity (Wildman–Crippen MR) is 163 cm³/mol. The second-order valence-corrected chi connectivity index (χ2v) is 15.9. The van der Waals surface area contributed by atoms with Crippen molar-refractivity contribution in [2.75, 3.05) is 13.1 Å². The van der Waals surface area contributed by atoms with Gasteiger partial charge in [-0.05, 0) is 112 Å². The van der Waals surface area contributed by atoms with Gasteiger partial charge < -0.3 is 21.1 Å². The zero-order valence-corrected chi connectivity index (χ0v) is 26.4. The number of carbonyl (C=O) groups is 4. The summed E-state index contributed by atoms with van der Waals surface area (Å²) in [5.41, 5.74) is 6.81. The Bertz CT molecular complexity index is 1280.